The highest BCUT2D eigenvalue weighted by molar-refractivity contribution is 5.97. The standard InChI is InChI=1S/C18H21N3O2/c22-18(19-11-10-14-12-20-21-13-14)16-8-4-5-9-17(16)23-15-6-2-1-3-7-15/h1-9,14,20-21H,10-13H2,(H,19,22). The normalized spacial score (nSPS) is 14.6. The molecule has 1 amide bonds. The van der Waals surface area contributed by atoms with Crippen molar-refractivity contribution in [3.8, 4) is 11.5 Å². The van der Waals surface area contributed by atoms with Crippen molar-refractivity contribution in [2.45, 2.75) is 6.42 Å². The molecule has 3 N–H and O–H groups in total. The van der Waals surface area contributed by atoms with Gasteiger partial charge in [-0.05, 0) is 36.6 Å². The van der Waals surface area contributed by atoms with Gasteiger partial charge in [0.05, 0.1) is 5.56 Å². The molecular weight excluding hydrogens is 290 g/mol. The Balaban J connectivity index is 1.61. The number of hydrazine groups is 1. The van der Waals surface area contributed by atoms with Crippen LogP contribution in [0.3, 0.4) is 0 Å². The lowest BCUT2D eigenvalue weighted by atomic mass is 10.1. The van der Waals surface area contributed by atoms with Gasteiger partial charge in [0.15, 0.2) is 0 Å². The monoisotopic (exact) mass is 311 g/mol. The van der Waals surface area contributed by atoms with Crippen molar-refractivity contribution in [3.05, 3.63) is 60.2 Å². The summed E-state index contributed by atoms with van der Waals surface area (Å²) < 4.78 is 5.83. The molecule has 1 heterocycles. The number of hydrogen-bond donors (Lipinski definition) is 3. The van der Waals surface area contributed by atoms with Gasteiger partial charge in [0.25, 0.3) is 5.91 Å². The minimum atomic E-state index is -0.101. The van der Waals surface area contributed by atoms with E-state index in [-0.39, 0.29) is 5.91 Å². The van der Waals surface area contributed by atoms with Gasteiger partial charge in [0.1, 0.15) is 11.5 Å². The first-order valence-corrected chi connectivity index (χ1v) is 7.89. The van der Waals surface area contributed by atoms with Gasteiger partial charge in [-0.3, -0.25) is 15.6 Å². The summed E-state index contributed by atoms with van der Waals surface area (Å²) in [6.07, 6.45) is 0.952. The maximum Gasteiger partial charge on any atom is 0.255 e. The zero-order valence-electron chi connectivity index (χ0n) is 12.9. The van der Waals surface area contributed by atoms with Gasteiger partial charge in [0, 0.05) is 19.6 Å². The third-order valence-electron chi connectivity index (χ3n) is 3.85. The van der Waals surface area contributed by atoms with Crippen molar-refractivity contribution in [1.29, 1.82) is 0 Å². The quantitative estimate of drug-likeness (QED) is 0.766. The van der Waals surface area contributed by atoms with Gasteiger partial charge in [-0.2, -0.15) is 0 Å². The molecule has 0 radical (unpaired) electrons. The molecule has 5 heteroatoms. The molecule has 0 aromatic heterocycles. The average Bonchev–Trinajstić information content (AvgIpc) is 3.09. The smallest absolute Gasteiger partial charge is 0.255 e. The molecule has 0 bridgehead atoms. The summed E-state index contributed by atoms with van der Waals surface area (Å²) in [4.78, 5) is 12.4. The van der Waals surface area contributed by atoms with Crippen molar-refractivity contribution < 1.29 is 9.53 Å². The molecule has 0 spiro atoms. The highest BCUT2D eigenvalue weighted by Gasteiger charge is 2.16. The molecular formula is C18H21N3O2. The third-order valence-corrected chi connectivity index (χ3v) is 3.85. The van der Waals surface area contributed by atoms with E-state index >= 15 is 0 Å². The number of para-hydroxylation sites is 2. The van der Waals surface area contributed by atoms with E-state index in [4.69, 9.17) is 4.74 Å². The second kappa shape index (κ2) is 7.76. The summed E-state index contributed by atoms with van der Waals surface area (Å²) in [5.41, 5.74) is 6.75. The van der Waals surface area contributed by atoms with E-state index in [0.717, 1.165) is 25.3 Å². The average molecular weight is 311 g/mol. The van der Waals surface area contributed by atoms with Crippen molar-refractivity contribution in [3.63, 3.8) is 0 Å². The van der Waals surface area contributed by atoms with Crippen LogP contribution >= 0.6 is 0 Å². The van der Waals surface area contributed by atoms with Crippen LogP contribution in [0.1, 0.15) is 16.8 Å². The lowest BCUT2D eigenvalue weighted by molar-refractivity contribution is 0.0949. The van der Waals surface area contributed by atoms with Gasteiger partial charge in [-0.15, -0.1) is 0 Å². The first-order chi connectivity index (χ1) is 11.3. The Morgan fingerprint density at radius 1 is 1.04 bits per heavy atom. The number of nitrogens with one attached hydrogen (secondary N) is 3. The van der Waals surface area contributed by atoms with Crippen LogP contribution < -0.4 is 20.9 Å². The van der Waals surface area contributed by atoms with Gasteiger partial charge < -0.3 is 10.1 Å². The Morgan fingerprint density at radius 3 is 2.52 bits per heavy atom. The molecule has 1 fully saturated rings. The highest BCUT2D eigenvalue weighted by atomic mass is 16.5. The summed E-state index contributed by atoms with van der Waals surface area (Å²) in [6.45, 7) is 2.56. The highest BCUT2D eigenvalue weighted by Crippen LogP contribution is 2.24. The van der Waals surface area contributed by atoms with E-state index in [2.05, 4.69) is 16.2 Å². The minimum Gasteiger partial charge on any atom is -0.457 e. The molecule has 2 aromatic carbocycles. The van der Waals surface area contributed by atoms with Crippen molar-refractivity contribution in [2.24, 2.45) is 5.92 Å². The third kappa shape index (κ3) is 4.31. The summed E-state index contributed by atoms with van der Waals surface area (Å²) in [6, 6.07) is 16.8. The van der Waals surface area contributed by atoms with Crippen LogP contribution in [0.25, 0.3) is 0 Å². The van der Waals surface area contributed by atoms with E-state index in [9.17, 15) is 4.79 Å². The molecule has 3 rings (SSSR count). The van der Waals surface area contributed by atoms with E-state index in [0.29, 0.717) is 23.8 Å². The fourth-order valence-electron chi connectivity index (χ4n) is 2.55. The summed E-state index contributed by atoms with van der Waals surface area (Å²) in [5.74, 6) is 1.75. The van der Waals surface area contributed by atoms with Crippen LogP contribution in [0.2, 0.25) is 0 Å². The summed E-state index contributed by atoms with van der Waals surface area (Å²) >= 11 is 0. The van der Waals surface area contributed by atoms with Gasteiger partial charge >= 0.3 is 0 Å². The summed E-state index contributed by atoms with van der Waals surface area (Å²) in [5, 5.41) is 2.98. The van der Waals surface area contributed by atoms with Gasteiger partial charge in [0.2, 0.25) is 0 Å². The predicted octanol–water partition coefficient (Wildman–Crippen LogP) is 2.32. The van der Waals surface area contributed by atoms with Crippen molar-refractivity contribution in [2.75, 3.05) is 19.6 Å². The molecule has 1 saturated heterocycles. The number of amides is 1. The first kappa shape index (κ1) is 15.5. The molecule has 23 heavy (non-hydrogen) atoms. The van der Waals surface area contributed by atoms with Crippen LogP contribution in [-0.4, -0.2) is 25.5 Å². The molecule has 5 nitrogen and oxygen atoms in total. The molecule has 0 atom stereocenters. The van der Waals surface area contributed by atoms with Crippen LogP contribution in [0.4, 0.5) is 0 Å². The second-order valence-electron chi connectivity index (χ2n) is 5.58. The van der Waals surface area contributed by atoms with Crippen molar-refractivity contribution >= 4 is 5.91 Å². The van der Waals surface area contributed by atoms with Crippen LogP contribution in [0.15, 0.2) is 54.6 Å². The molecule has 120 valence electrons. The van der Waals surface area contributed by atoms with E-state index in [1.807, 2.05) is 48.5 Å². The van der Waals surface area contributed by atoms with Crippen LogP contribution in [-0.2, 0) is 0 Å². The number of benzene rings is 2. The molecule has 0 unspecified atom stereocenters. The Bertz CT molecular complexity index is 640. The Labute approximate surface area is 136 Å². The minimum absolute atomic E-state index is 0.101. The van der Waals surface area contributed by atoms with Crippen LogP contribution in [0.5, 0.6) is 11.5 Å². The van der Waals surface area contributed by atoms with E-state index < -0.39 is 0 Å². The zero-order valence-corrected chi connectivity index (χ0v) is 12.9. The number of hydrogen-bond acceptors (Lipinski definition) is 4. The molecule has 2 aromatic rings. The van der Waals surface area contributed by atoms with E-state index in [1.165, 1.54) is 0 Å². The number of ether oxygens (including phenoxy) is 1. The topological polar surface area (TPSA) is 62.4 Å². The predicted molar refractivity (Wildman–Crippen MR) is 89.4 cm³/mol. The molecule has 1 aliphatic rings. The summed E-state index contributed by atoms with van der Waals surface area (Å²) in [7, 11) is 0. The first-order valence-electron chi connectivity index (χ1n) is 7.89. The Morgan fingerprint density at radius 2 is 1.74 bits per heavy atom. The Hall–Kier alpha value is -2.37. The van der Waals surface area contributed by atoms with Crippen molar-refractivity contribution in [1.82, 2.24) is 16.2 Å². The molecule has 0 aliphatic carbocycles. The fourth-order valence-corrected chi connectivity index (χ4v) is 2.55. The maximum absolute atomic E-state index is 12.4. The molecule has 0 saturated carbocycles. The maximum atomic E-state index is 12.4. The van der Waals surface area contributed by atoms with Gasteiger partial charge in [-0.1, -0.05) is 30.3 Å². The fraction of sp³-hybridized carbons (Fsp3) is 0.278. The Kier molecular flexibility index (Phi) is 5.24. The number of carbonyl (C=O) groups is 1. The lowest BCUT2D eigenvalue weighted by Crippen LogP contribution is -2.27. The largest absolute Gasteiger partial charge is 0.457 e. The number of carbonyl (C=O) groups excluding carboxylic acids is 1. The molecule has 1 aliphatic heterocycles. The number of rotatable bonds is 6. The second-order valence-corrected chi connectivity index (χ2v) is 5.58. The van der Waals surface area contributed by atoms with Gasteiger partial charge in [-0.25, -0.2) is 0 Å². The van der Waals surface area contributed by atoms with Crippen LogP contribution in [0, 0.1) is 5.92 Å². The lowest BCUT2D eigenvalue weighted by Gasteiger charge is -2.12. The SMILES string of the molecule is O=C(NCCC1CNNC1)c1ccccc1Oc1ccccc1. The zero-order chi connectivity index (χ0) is 15.9. The van der Waals surface area contributed by atoms with E-state index in [1.54, 1.807) is 6.07 Å².